The number of nitrogens with one attached hydrogen (secondary N) is 2. The van der Waals surface area contributed by atoms with Gasteiger partial charge in [-0.3, -0.25) is 15.0 Å². The summed E-state index contributed by atoms with van der Waals surface area (Å²) in [6.07, 6.45) is 3.11. The van der Waals surface area contributed by atoms with Crippen LogP contribution in [0.5, 0.6) is 0 Å². The quantitative estimate of drug-likeness (QED) is 0.688. The molecule has 21 heavy (non-hydrogen) atoms. The topological polar surface area (TPSA) is 98.8 Å². The van der Waals surface area contributed by atoms with Crippen LogP contribution in [0.1, 0.15) is 19.8 Å². The first-order chi connectivity index (χ1) is 9.77. The minimum absolute atomic E-state index is 0.200. The van der Waals surface area contributed by atoms with Gasteiger partial charge in [-0.05, 0) is 19.8 Å². The van der Waals surface area contributed by atoms with E-state index in [-0.39, 0.29) is 11.9 Å². The van der Waals surface area contributed by atoms with Gasteiger partial charge in [-0.2, -0.15) is 4.31 Å². The first-order valence-electron chi connectivity index (χ1n) is 7.08. The highest BCUT2D eigenvalue weighted by Crippen LogP contribution is 2.18. The SMILES string of the molecule is C[C@@H](C(=O)NC(=O)NC1CC1)N1CCN(S(C)(=O)=O)CC1. The molecule has 1 saturated heterocycles. The van der Waals surface area contributed by atoms with E-state index in [2.05, 4.69) is 10.6 Å². The van der Waals surface area contributed by atoms with Crippen LogP contribution in [0.2, 0.25) is 0 Å². The summed E-state index contributed by atoms with van der Waals surface area (Å²) in [4.78, 5) is 25.4. The average Bonchev–Trinajstić information content (AvgIpc) is 3.20. The molecule has 0 spiro atoms. The van der Waals surface area contributed by atoms with E-state index < -0.39 is 22.1 Å². The molecule has 0 aromatic carbocycles. The number of piperazine rings is 1. The second-order valence-electron chi connectivity index (χ2n) is 5.61. The van der Waals surface area contributed by atoms with Gasteiger partial charge in [-0.15, -0.1) is 0 Å². The fourth-order valence-corrected chi connectivity index (χ4v) is 3.08. The van der Waals surface area contributed by atoms with Crippen molar-refractivity contribution in [3.63, 3.8) is 0 Å². The van der Waals surface area contributed by atoms with Crippen LogP contribution < -0.4 is 10.6 Å². The second kappa shape index (κ2) is 6.29. The lowest BCUT2D eigenvalue weighted by Crippen LogP contribution is -2.56. The van der Waals surface area contributed by atoms with Crippen molar-refractivity contribution >= 4 is 22.0 Å². The minimum Gasteiger partial charge on any atom is -0.335 e. The zero-order valence-corrected chi connectivity index (χ0v) is 13.1. The van der Waals surface area contributed by atoms with Crippen molar-refractivity contribution in [2.45, 2.75) is 31.8 Å². The monoisotopic (exact) mass is 318 g/mol. The predicted molar refractivity (Wildman–Crippen MR) is 77.1 cm³/mol. The van der Waals surface area contributed by atoms with Gasteiger partial charge in [-0.25, -0.2) is 13.2 Å². The van der Waals surface area contributed by atoms with Crippen LogP contribution in [-0.4, -0.2) is 74.1 Å². The number of sulfonamides is 1. The van der Waals surface area contributed by atoms with E-state index in [1.807, 2.05) is 4.90 Å². The molecule has 2 aliphatic rings. The highest BCUT2D eigenvalue weighted by Gasteiger charge is 2.30. The molecule has 8 nitrogen and oxygen atoms in total. The number of carbonyl (C=O) groups excluding carboxylic acids is 2. The van der Waals surface area contributed by atoms with Gasteiger partial charge in [0.25, 0.3) is 0 Å². The fraction of sp³-hybridized carbons (Fsp3) is 0.833. The van der Waals surface area contributed by atoms with Crippen LogP contribution in [0.4, 0.5) is 4.79 Å². The summed E-state index contributed by atoms with van der Waals surface area (Å²) >= 11 is 0. The van der Waals surface area contributed by atoms with Crippen LogP contribution in [0.3, 0.4) is 0 Å². The molecule has 1 atom stereocenters. The van der Waals surface area contributed by atoms with Gasteiger partial charge in [-0.1, -0.05) is 0 Å². The Bertz CT molecular complexity index is 509. The molecule has 0 aromatic rings. The van der Waals surface area contributed by atoms with Crippen molar-refractivity contribution in [2.75, 3.05) is 32.4 Å². The molecular formula is C12H22N4O4S. The molecule has 1 aliphatic carbocycles. The number of urea groups is 1. The van der Waals surface area contributed by atoms with Crippen molar-refractivity contribution in [3.8, 4) is 0 Å². The van der Waals surface area contributed by atoms with E-state index in [4.69, 9.17) is 0 Å². The summed E-state index contributed by atoms with van der Waals surface area (Å²) in [6, 6.07) is -0.716. The Hall–Kier alpha value is -1.19. The Balaban J connectivity index is 1.79. The number of imide groups is 1. The summed E-state index contributed by atoms with van der Waals surface area (Å²) in [5.41, 5.74) is 0. The number of hydrogen-bond donors (Lipinski definition) is 2. The number of rotatable bonds is 4. The molecule has 0 radical (unpaired) electrons. The van der Waals surface area contributed by atoms with Crippen molar-refractivity contribution in [1.29, 1.82) is 0 Å². The van der Waals surface area contributed by atoms with Gasteiger partial charge >= 0.3 is 6.03 Å². The molecule has 2 rings (SSSR count). The molecular weight excluding hydrogens is 296 g/mol. The van der Waals surface area contributed by atoms with Crippen molar-refractivity contribution in [1.82, 2.24) is 19.8 Å². The normalized spacial score (nSPS) is 22.6. The number of hydrogen-bond acceptors (Lipinski definition) is 5. The van der Waals surface area contributed by atoms with Gasteiger partial charge < -0.3 is 5.32 Å². The van der Waals surface area contributed by atoms with E-state index in [0.29, 0.717) is 26.2 Å². The third-order valence-electron chi connectivity index (χ3n) is 3.82. The highest BCUT2D eigenvalue weighted by atomic mass is 32.2. The molecule has 0 bridgehead atoms. The summed E-state index contributed by atoms with van der Waals surface area (Å²) in [6.45, 7) is 3.41. The molecule has 1 aliphatic heterocycles. The third-order valence-corrected chi connectivity index (χ3v) is 5.12. The Kier molecular flexibility index (Phi) is 4.84. The zero-order chi connectivity index (χ0) is 15.6. The number of nitrogens with zero attached hydrogens (tertiary/aromatic N) is 2. The molecule has 2 fully saturated rings. The van der Waals surface area contributed by atoms with Gasteiger partial charge in [0.05, 0.1) is 12.3 Å². The Morgan fingerprint density at radius 2 is 1.71 bits per heavy atom. The lowest BCUT2D eigenvalue weighted by atomic mass is 10.2. The summed E-state index contributed by atoms with van der Waals surface area (Å²) in [5.74, 6) is -0.360. The van der Waals surface area contributed by atoms with E-state index >= 15 is 0 Å². The maximum atomic E-state index is 12.0. The van der Waals surface area contributed by atoms with Crippen LogP contribution >= 0.6 is 0 Å². The zero-order valence-electron chi connectivity index (χ0n) is 12.3. The first kappa shape index (κ1) is 16.2. The Labute approximate surface area is 124 Å². The van der Waals surface area contributed by atoms with E-state index in [0.717, 1.165) is 12.8 Å². The van der Waals surface area contributed by atoms with E-state index in [1.165, 1.54) is 10.6 Å². The lowest BCUT2D eigenvalue weighted by Gasteiger charge is -2.36. The molecule has 3 amide bonds. The molecule has 0 unspecified atom stereocenters. The van der Waals surface area contributed by atoms with E-state index in [9.17, 15) is 18.0 Å². The van der Waals surface area contributed by atoms with Gasteiger partial charge in [0, 0.05) is 32.2 Å². The fourth-order valence-electron chi connectivity index (χ4n) is 2.25. The van der Waals surface area contributed by atoms with Crippen LogP contribution in [0.15, 0.2) is 0 Å². The molecule has 120 valence electrons. The first-order valence-corrected chi connectivity index (χ1v) is 8.93. The van der Waals surface area contributed by atoms with Gasteiger partial charge in [0.1, 0.15) is 0 Å². The van der Waals surface area contributed by atoms with Crippen LogP contribution in [0, 0.1) is 0 Å². The maximum Gasteiger partial charge on any atom is 0.321 e. The maximum absolute atomic E-state index is 12.0. The Morgan fingerprint density at radius 1 is 1.14 bits per heavy atom. The van der Waals surface area contributed by atoms with Gasteiger partial charge in [0.2, 0.25) is 15.9 Å². The summed E-state index contributed by atoms with van der Waals surface area (Å²) < 4.78 is 24.2. The molecule has 0 aromatic heterocycles. The minimum atomic E-state index is -3.18. The highest BCUT2D eigenvalue weighted by molar-refractivity contribution is 7.88. The van der Waals surface area contributed by atoms with Crippen molar-refractivity contribution in [3.05, 3.63) is 0 Å². The molecule has 1 saturated carbocycles. The largest absolute Gasteiger partial charge is 0.335 e. The molecule has 9 heteroatoms. The number of carbonyl (C=O) groups is 2. The Morgan fingerprint density at radius 3 is 2.19 bits per heavy atom. The van der Waals surface area contributed by atoms with Crippen molar-refractivity contribution < 1.29 is 18.0 Å². The average molecular weight is 318 g/mol. The smallest absolute Gasteiger partial charge is 0.321 e. The van der Waals surface area contributed by atoms with E-state index in [1.54, 1.807) is 6.92 Å². The standard InChI is InChI=1S/C12H22N4O4S/c1-9(11(17)14-12(18)13-10-3-4-10)15-5-7-16(8-6-15)21(2,19)20/h9-10H,3-8H2,1-2H3,(H2,13,14,17,18)/t9-/m0/s1. The van der Waals surface area contributed by atoms with Crippen LogP contribution in [-0.2, 0) is 14.8 Å². The molecule has 2 N–H and O–H groups in total. The van der Waals surface area contributed by atoms with Gasteiger partial charge in [0.15, 0.2) is 0 Å². The summed E-state index contributed by atoms with van der Waals surface area (Å²) in [5, 5.41) is 5.02. The number of amides is 3. The second-order valence-corrected chi connectivity index (χ2v) is 7.59. The van der Waals surface area contributed by atoms with Crippen LogP contribution in [0.25, 0.3) is 0 Å². The predicted octanol–water partition coefficient (Wildman–Crippen LogP) is -1.06. The lowest BCUT2D eigenvalue weighted by molar-refractivity contribution is -0.125. The van der Waals surface area contributed by atoms with Crippen molar-refractivity contribution in [2.24, 2.45) is 0 Å². The molecule has 1 heterocycles. The summed E-state index contributed by atoms with van der Waals surface area (Å²) in [7, 11) is -3.18. The third kappa shape index (κ3) is 4.65.